The predicted molar refractivity (Wildman–Crippen MR) is 24.4 cm³/mol. The minimum Gasteiger partial charge on any atom is -1.00 e. The van der Waals surface area contributed by atoms with Crippen LogP contribution in [0.15, 0.2) is 0 Å². The fourth-order valence-electron chi connectivity index (χ4n) is 0. The molecule has 0 aliphatic carbocycles. The Labute approximate surface area is 56.1 Å². The Kier molecular flexibility index (Phi) is 24.5. The zero-order chi connectivity index (χ0) is 3.58. The third-order valence-electron chi connectivity index (χ3n) is 0. The van der Waals surface area contributed by atoms with Crippen molar-refractivity contribution in [2.75, 3.05) is 0 Å². The van der Waals surface area contributed by atoms with Crippen molar-refractivity contribution in [3.05, 3.63) is 0 Å². The maximum atomic E-state index is 8.56. The molecule has 0 saturated heterocycles. The maximum absolute atomic E-state index is 8.56. The van der Waals surface area contributed by atoms with Gasteiger partial charge in [0.25, 0.3) is 0 Å². The summed E-state index contributed by atoms with van der Waals surface area (Å²) in [5.41, 5.74) is 0. The maximum Gasteiger partial charge on any atom is 2.00 e. The van der Waals surface area contributed by atoms with Crippen LogP contribution in [0.3, 0.4) is 0 Å². The molecule has 0 fully saturated rings. The first-order valence-corrected chi connectivity index (χ1v) is 0.651. The Morgan fingerprint density at radius 3 is 1.50 bits per heavy atom. The zero-order valence-corrected chi connectivity index (χ0v) is 4.50. The molecule has 0 unspecified atom stereocenters. The van der Waals surface area contributed by atoms with E-state index in [1.807, 2.05) is 0 Å². The average molecular weight is 99.2 g/mol. The summed E-state index contributed by atoms with van der Waals surface area (Å²) in [7, 11) is 0. The minimum absolute atomic E-state index is 0. The Morgan fingerprint density at radius 2 is 1.50 bits per heavy atom. The van der Waals surface area contributed by atoms with E-state index in [2.05, 4.69) is 0 Å². The minimum atomic E-state index is -1.83. The first-order valence-electron chi connectivity index (χ1n) is 0.651. The van der Waals surface area contributed by atoms with Crippen molar-refractivity contribution in [2.24, 2.45) is 0 Å². The molecule has 0 aliphatic heterocycles. The first kappa shape index (κ1) is 16.5. The van der Waals surface area contributed by atoms with Gasteiger partial charge in [-0.2, -0.15) is 0 Å². The van der Waals surface area contributed by atoms with E-state index in [0.717, 1.165) is 0 Å². The van der Waals surface area contributed by atoms with Crippen LogP contribution in [0.4, 0.5) is 4.79 Å². The van der Waals surface area contributed by atoms with Gasteiger partial charge >= 0.3 is 29.2 Å². The Hall–Kier alpha value is 0.101. The van der Waals surface area contributed by atoms with Crippen molar-refractivity contribution >= 4 is 37.6 Å². The van der Waals surface area contributed by atoms with Crippen LogP contribution in [0.1, 0.15) is 2.85 Å². The quantitative estimate of drug-likeness (QED) is 0.409. The average Bonchev–Trinajstić information content (AvgIpc) is 0.811. The molecule has 5 heteroatoms. The zero-order valence-electron chi connectivity index (χ0n) is 5.09. The second kappa shape index (κ2) is 8.92. The molecule has 0 aromatic rings. The van der Waals surface area contributed by atoms with Crippen LogP contribution < -0.4 is 0 Å². The molecule has 31 valence electrons. The van der Waals surface area contributed by atoms with Crippen molar-refractivity contribution in [3.63, 3.8) is 0 Å². The van der Waals surface area contributed by atoms with Gasteiger partial charge in [-0.05, 0) is 0 Å². The number of carboxylic acid groups (broad SMARTS) is 2. The predicted octanol–water partition coefficient (Wildman–Crippen LogP) is -0.314. The molecule has 0 bridgehead atoms. The summed E-state index contributed by atoms with van der Waals surface area (Å²) in [6.07, 6.45) is -1.83. The second-order valence-electron chi connectivity index (χ2n) is 0.283. The molecular weight excluding hydrogens is 95.1 g/mol. The number of carbonyl (C=O) groups is 1. The Morgan fingerprint density at radius 1 is 1.50 bits per heavy atom. The number of rotatable bonds is 0. The molecule has 0 atom stereocenters. The van der Waals surface area contributed by atoms with Crippen molar-refractivity contribution in [2.45, 2.75) is 0 Å². The molecule has 0 amide bonds. The van der Waals surface area contributed by atoms with Crippen LogP contribution in [0.2, 0.25) is 0 Å². The molecule has 3 radical (unpaired) electrons. The van der Waals surface area contributed by atoms with Gasteiger partial charge in [-0.1, -0.05) is 0 Å². The molecule has 2 N–H and O–H groups in total. The van der Waals surface area contributed by atoms with Gasteiger partial charge in [-0.25, -0.2) is 4.79 Å². The molecule has 0 heterocycles. The smallest absolute Gasteiger partial charge is 1.00 e. The van der Waals surface area contributed by atoms with E-state index >= 15 is 0 Å². The van der Waals surface area contributed by atoms with E-state index in [9.17, 15) is 0 Å². The van der Waals surface area contributed by atoms with Crippen molar-refractivity contribution < 1.29 is 17.9 Å². The Bertz CT molecular complexity index is 40.3. The fourth-order valence-corrected chi connectivity index (χ4v) is 0. The van der Waals surface area contributed by atoms with E-state index in [1.54, 1.807) is 0 Å². The first-order chi connectivity index (χ1) is 1.73. The van der Waals surface area contributed by atoms with E-state index in [-0.39, 0.29) is 34.3 Å². The van der Waals surface area contributed by atoms with E-state index in [0.29, 0.717) is 0 Å². The van der Waals surface area contributed by atoms with Gasteiger partial charge in [-0.15, -0.1) is 0 Å². The van der Waals surface area contributed by atoms with E-state index < -0.39 is 6.16 Å². The summed E-state index contributed by atoms with van der Waals surface area (Å²) in [5, 5.41) is 13.9. The third-order valence-corrected chi connectivity index (χ3v) is 0. The third kappa shape index (κ3) is 3850. The Balaban J connectivity index is -0.00000000750. The molecular formula is CH4BMgO3. The molecule has 0 rings (SSSR count). The van der Waals surface area contributed by atoms with Crippen LogP contribution in [0.25, 0.3) is 0 Å². The second-order valence-corrected chi connectivity index (χ2v) is 0.283. The van der Waals surface area contributed by atoms with Crippen LogP contribution in [0.5, 0.6) is 0 Å². The summed E-state index contributed by atoms with van der Waals surface area (Å²) < 4.78 is 0. The van der Waals surface area contributed by atoms with Crippen LogP contribution >= 0.6 is 0 Å². The molecule has 0 aliphatic rings. The van der Waals surface area contributed by atoms with Gasteiger partial charge < -0.3 is 13.1 Å². The van der Waals surface area contributed by atoms with Crippen molar-refractivity contribution in [3.8, 4) is 0 Å². The van der Waals surface area contributed by atoms with Gasteiger partial charge in [0.1, 0.15) is 0 Å². The topological polar surface area (TPSA) is 57.5 Å². The largest absolute Gasteiger partial charge is 2.00 e. The summed E-state index contributed by atoms with van der Waals surface area (Å²) in [6, 6.07) is 0. The molecule has 6 heavy (non-hydrogen) atoms. The van der Waals surface area contributed by atoms with Gasteiger partial charge in [0.05, 0.1) is 0 Å². The van der Waals surface area contributed by atoms with Crippen LogP contribution in [-0.2, 0) is 0 Å². The van der Waals surface area contributed by atoms with Gasteiger partial charge in [0, 0.05) is 8.41 Å². The number of hydrogen-bond acceptors (Lipinski definition) is 1. The summed E-state index contributed by atoms with van der Waals surface area (Å²) >= 11 is 0. The molecule has 0 aromatic carbocycles. The van der Waals surface area contributed by atoms with Crippen LogP contribution in [-0.4, -0.2) is 47.8 Å². The number of hydrogen-bond donors (Lipinski definition) is 2. The summed E-state index contributed by atoms with van der Waals surface area (Å²) in [4.78, 5) is 8.56. The molecule has 0 aromatic heterocycles. The van der Waals surface area contributed by atoms with E-state index in [4.69, 9.17) is 15.0 Å². The van der Waals surface area contributed by atoms with Gasteiger partial charge in [-0.3, -0.25) is 0 Å². The summed E-state index contributed by atoms with van der Waals surface area (Å²) in [5.74, 6) is 0. The fraction of sp³-hybridized carbons (Fsp3) is 0. The normalized spacial score (nSPS) is 4.00. The molecule has 3 nitrogen and oxygen atoms in total. The van der Waals surface area contributed by atoms with Crippen LogP contribution in [0, 0.1) is 0 Å². The van der Waals surface area contributed by atoms with Gasteiger partial charge in [0.2, 0.25) is 0 Å². The van der Waals surface area contributed by atoms with E-state index in [1.165, 1.54) is 0 Å². The van der Waals surface area contributed by atoms with Gasteiger partial charge in [0.15, 0.2) is 0 Å². The van der Waals surface area contributed by atoms with Crippen molar-refractivity contribution in [1.29, 1.82) is 0 Å². The summed E-state index contributed by atoms with van der Waals surface area (Å²) in [6.45, 7) is 0. The molecule has 0 spiro atoms. The monoisotopic (exact) mass is 99.0 g/mol. The van der Waals surface area contributed by atoms with Crippen molar-refractivity contribution in [1.82, 2.24) is 0 Å². The SMILES string of the molecule is O=C(O)O.[B].[H-].[H-].[Mg+2]. The standard InChI is InChI=1S/CH2O3.B.Mg.2H/c2-1(3)4;;;;/h(H2,2,3,4);;;;/q;;+2;2*-1. The molecule has 0 saturated carbocycles.